The maximum atomic E-state index is 6.05. The second-order valence-electron chi connectivity index (χ2n) is 4.71. The van der Waals surface area contributed by atoms with Crippen molar-refractivity contribution in [2.45, 2.75) is 31.9 Å². The van der Waals surface area contributed by atoms with Crippen molar-refractivity contribution in [2.24, 2.45) is 5.73 Å². The molecule has 1 unspecified atom stereocenters. The average molecular weight is 255 g/mol. The van der Waals surface area contributed by atoms with Crippen molar-refractivity contribution in [1.82, 2.24) is 9.97 Å². The first-order valence-corrected chi connectivity index (χ1v) is 6.63. The molecule has 4 heteroatoms. The fraction of sp³-hybridized carbons (Fsp3) is 0.333. The van der Waals surface area contributed by atoms with E-state index >= 15 is 0 Å². The van der Waals surface area contributed by atoms with Gasteiger partial charge >= 0.3 is 0 Å². The summed E-state index contributed by atoms with van der Waals surface area (Å²) in [6.07, 6.45) is 6.62. The molecule has 1 atom stereocenters. The lowest BCUT2D eigenvalue weighted by Gasteiger charge is -2.26. The van der Waals surface area contributed by atoms with Crippen molar-refractivity contribution in [3.8, 4) is 5.88 Å². The largest absolute Gasteiger partial charge is 0.468 e. The highest BCUT2D eigenvalue weighted by atomic mass is 16.5. The number of hydrogen-bond donors (Lipinski definition) is 1. The van der Waals surface area contributed by atoms with Crippen LogP contribution in [0.25, 0.3) is 0 Å². The Balaban J connectivity index is 1.88. The van der Waals surface area contributed by atoms with Crippen molar-refractivity contribution < 1.29 is 4.74 Å². The molecule has 0 radical (unpaired) electrons. The zero-order chi connectivity index (χ0) is 13.1. The smallest absolute Gasteiger partial charge is 0.237 e. The Labute approximate surface area is 112 Å². The summed E-state index contributed by atoms with van der Waals surface area (Å²) in [5.41, 5.74) is 9.02. The summed E-state index contributed by atoms with van der Waals surface area (Å²) in [5, 5.41) is 0. The molecule has 1 aliphatic rings. The van der Waals surface area contributed by atoms with Gasteiger partial charge in [0.15, 0.2) is 0 Å². The van der Waals surface area contributed by atoms with E-state index in [4.69, 9.17) is 10.5 Å². The molecule has 0 amide bonds. The molecule has 1 aromatic heterocycles. The topological polar surface area (TPSA) is 61.0 Å². The number of fused-ring (bicyclic) bond motifs is 1. The predicted octanol–water partition coefficient (Wildman–Crippen LogP) is 2.39. The van der Waals surface area contributed by atoms with Gasteiger partial charge in [-0.2, -0.15) is 0 Å². The highest BCUT2D eigenvalue weighted by Crippen LogP contribution is 2.33. The van der Waals surface area contributed by atoms with Gasteiger partial charge in [-0.1, -0.05) is 24.3 Å². The van der Waals surface area contributed by atoms with Crippen LogP contribution in [0.4, 0.5) is 0 Å². The van der Waals surface area contributed by atoms with Gasteiger partial charge in [0.25, 0.3) is 0 Å². The van der Waals surface area contributed by atoms with Crippen LogP contribution in [-0.4, -0.2) is 9.97 Å². The summed E-state index contributed by atoms with van der Waals surface area (Å²) in [6, 6.07) is 8.44. The van der Waals surface area contributed by atoms with E-state index in [0.717, 1.165) is 19.3 Å². The predicted molar refractivity (Wildman–Crippen MR) is 72.7 cm³/mol. The Morgan fingerprint density at radius 3 is 2.95 bits per heavy atom. The number of benzene rings is 1. The van der Waals surface area contributed by atoms with Gasteiger partial charge in [0.2, 0.25) is 5.88 Å². The number of ether oxygens (including phenoxy) is 1. The highest BCUT2D eigenvalue weighted by Gasteiger charge is 2.22. The first kappa shape index (κ1) is 12.1. The fourth-order valence-electron chi connectivity index (χ4n) is 2.56. The van der Waals surface area contributed by atoms with Crippen LogP contribution in [0.5, 0.6) is 5.88 Å². The third-order valence-electron chi connectivity index (χ3n) is 3.50. The Morgan fingerprint density at radius 1 is 1.21 bits per heavy atom. The number of rotatable bonds is 3. The summed E-state index contributed by atoms with van der Waals surface area (Å²) in [7, 11) is 0. The maximum absolute atomic E-state index is 6.05. The molecule has 0 fully saturated rings. The lowest BCUT2D eigenvalue weighted by Crippen LogP contribution is -2.17. The molecule has 1 heterocycles. The van der Waals surface area contributed by atoms with Gasteiger partial charge in [-0.25, -0.2) is 4.98 Å². The van der Waals surface area contributed by atoms with Crippen LogP contribution in [0, 0.1) is 0 Å². The SMILES string of the molecule is NCc1nccnc1OC1CCCc2ccccc21. The summed E-state index contributed by atoms with van der Waals surface area (Å²) in [4.78, 5) is 8.46. The molecule has 0 aliphatic heterocycles. The standard InChI is InChI=1S/C15H17N3O/c16-10-13-15(18-9-8-17-13)19-14-7-3-5-11-4-1-2-6-12(11)14/h1-2,4,6,8-9,14H,3,5,7,10,16H2. The van der Waals surface area contributed by atoms with Crippen LogP contribution in [0.3, 0.4) is 0 Å². The molecule has 0 bridgehead atoms. The van der Waals surface area contributed by atoms with Gasteiger partial charge in [-0.15, -0.1) is 0 Å². The minimum atomic E-state index is 0.0620. The molecule has 1 aromatic carbocycles. The lowest BCUT2D eigenvalue weighted by atomic mass is 9.89. The fourth-order valence-corrected chi connectivity index (χ4v) is 2.56. The summed E-state index contributed by atoms with van der Waals surface area (Å²) < 4.78 is 6.05. The Bertz CT molecular complexity index is 571. The normalized spacial score (nSPS) is 17.8. The van der Waals surface area contributed by atoms with Crippen LogP contribution in [0.15, 0.2) is 36.7 Å². The molecule has 1 aliphatic carbocycles. The van der Waals surface area contributed by atoms with Crippen molar-refractivity contribution in [1.29, 1.82) is 0 Å². The van der Waals surface area contributed by atoms with E-state index in [0.29, 0.717) is 18.1 Å². The summed E-state index contributed by atoms with van der Waals surface area (Å²) in [6.45, 7) is 0.345. The van der Waals surface area contributed by atoms with E-state index in [-0.39, 0.29) is 6.10 Å². The first-order valence-electron chi connectivity index (χ1n) is 6.63. The number of aromatic nitrogens is 2. The Hall–Kier alpha value is -1.94. The lowest BCUT2D eigenvalue weighted by molar-refractivity contribution is 0.173. The quantitative estimate of drug-likeness (QED) is 0.914. The van der Waals surface area contributed by atoms with E-state index in [9.17, 15) is 0 Å². The third-order valence-corrected chi connectivity index (χ3v) is 3.50. The highest BCUT2D eigenvalue weighted by molar-refractivity contribution is 5.32. The van der Waals surface area contributed by atoms with Gasteiger partial charge in [0.1, 0.15) is 11.8 Å². The molecule has 0 spiro atoms. The Morgan fingerprint density at radius 2 is 2.05 bits per heavy atom. The van der Waals surface area contributed by atoms with Crippen molar-refractivity contribution >= 4 is 0 Å². The van der Waals surface area contributed by atoms with E-state index in [1.54, 1.807) is 12.4 Å². The van der Waals surface area contributed by atoms with E-state index in [2.05, 4.69) is 34.2 Å². The number of hydrogen-bond acceptors (Lipinski definition) is 4. The number of nitrogens with zero attached hydrogens (tertiary/aromatic N) is 2. The van der Waals surface area contributed by atoms with Crippen molar-refractivity contribution in [3.63, 3.8) is 0 Å². The second kappa shape index (κ2) is 5.36. The van der Waals surface area contributed by atoms with Crippen LogP contribution < -0.4 is 10.5 Å². The van der Waals surface area contributed by atoms with E-state index in [1.165, 1.54) is 11.1 Å². The number of nitrogens with two attached hydrogens (primary N) is 1. The molecule has 2 N–H and O–H groups in total. The molecule has 4 nitrogen and oxygen atoms in total. The summed E-state index contributed by atoms with van der Waals surface area (Å²) in [5.74, 6) is 0.562. The molecule has 3 rings (SSSR count). The minimum Gasteiger partial charge on any atom is -0.468 e. The zero-order valence-corrected chi connectivity index (χ0v) is 10.7. The average Bonchev–Trinajstić information content (AvgIpc) is 2.48. The van der Waals surface area contributed by atoms with Gasteiger partial charge in [-0.3, -0.25) is 4.98 Å². The molecule has 2 aromatic rings. The van der Waals surface area contributed by atoms with Crippen LogP contribution in [-0.2, 0) is 13.0 Å². The Kier molecular flexibility index (Phi) is 3.42. The van der Waals surface area contributed by atoms with Crippen LogP contribution in [0.1, 0.15) is 35.8 Å². The molecule has 19 heavy (non-hydrogen) atoms. The summed E-state index contributed by atoms with van der Waals surface area (Å²) >= 11 is 0. The van der Waals surface area contributed by atoms with Gasteiger partial charge in [-0.05, 0) is 30.4 Å². The van der Waals surface area contributed by atoms with Crippen LogP contribution in [0.2, 0.25) is 0 Å². The molecule has 98 valence electrons. The van der Waals surface area contributed by atoms with Gasteiger partial charge < -0.3 is 10.5 Å². The van der Waals surface area contributed by atoms with E-state index in [1.807, 2.05) is 0 Å². The van der Waals surface area contributed by atoms with Crippen LogP contribution >= 0.6 is 0 Å². The molecular weight excluding hydrogens is 238 g/mol. The zero-order valence-electron chi connectivity index (χ0n) is 10.7. The first-order chi connectivity index (χ1) is 9.38. The van der Waals surface area contributed by atoms with E-state index < -0.39 is 0 Å². The monoisotopic (exact) mass is 255 g/mol. The molecule has 0 saturated heterocycles. The van der Waals surface area contributed by atoms with Gasteiger partial charge in [0.05, 0.1) is 0 Å². The maximum Gasteiger partial charge on any atom is 0.237 e. The minimum absolute atomic E-state index is 0.0620. The molecule has 0 saturated carbocycles. The molecular formula is C15H17N3O. The van der Waals surface area contributed by atoms with Gasteiger partial charge in [0, 0.05) is 18.9 Å². The van der Waals surface area contributed by atoms with Crippen molar-refractivity contribution in [3.05, 3.63) is 53.5 Å². The van der Waals surface area contributed by atoms with Crippen molar-refractivity contribution in [2.75, 3.05) is 0 Å². The second-order valence-corrected chi connectivity index (χ2v) is 4.71. The number of aryl methyl sites for hydroxylation is 1. The third kappa shape index (κ3) is 2.44.